The van der Waals surface area contributed by atoms with E-state index in [1.54, 1.807) is 30.3 Å². The fourth-order valence-electron chi connectivity index (χ4n) is 2.77. The first-order valence-electron chi connectivity index (χ1n) is 7.13. The zero-order valence-electron chi connectivity index (χ0n) is 11.8. The lowest BCUT2D eigenvalue weighted by atomic mass is 9.87. The third-order valence-electron chi connectivity index (χ3n) is 3.81. The van der Waals surface area contributed by atoms with Crippen LogP contribution in [-0.4, -0.2) is 6.18 Å². The van der Waals surface area contributed by atoms with E-state index in [0.717, 1.165) is 10.8 Å². The van der Waals surface area contributed by atoms with E-state index in [1.165, 1.54) is 0 Å². The maximum Gasteiger partial charge on any atom is 0.390 e. The van der Waals surface area contributed by atoms with E-state index in [4.69, 9.17) is 0 Å². The Morgan fingerprint density at radius 3 is 2.00 bits per heavy atom. The SMILES string of the molecule is FC(F)(F)C[C@@H](c1ccccc1)c1ccc2ccccc2c1. The van der Waals surface area contributed by atoms with Crippen LogP contribution < -0.4 is 0 Å². The molecule has 3 aromatic carbocycles. The van der Waals surface area contributed by atoms with Crippen molar-refractivity contribution in [2.24, 2.45) is 0 Å². The van der Waals surface area contributed by atoms with E-state index in [-0.39, 0.29) is 0 Å². The number of benzene rings is 3. The van der Waals surface area contributed by atoms with Crippen molar-refractivity contribution >= 4 is 10.8 Å². The predicted octanol–water partition coefficient (Wildman–Crippen LogP) is 5.92. The highest BCUT2D eigenvalue weighted by molar-refractivity contribution is 5.83. The summed E-state index contributed by atoms with van der Waals surface area (Å²) in [5, 5.41) is 1.99. The number of alkyl halides is 3. The van der Waals surface area contributed by atoms with Gasteiger partial charge in [-0.3, -0.25) is 0 Å². The summed E-state index contributed by atoms with van der Waals surface area (Å²) in [4.78, 5) is 0. The van der Waals surface area contributed by atoms with E-state index in [1.807, 2.05) is 42.5 Å². The van der Waals surface area contributed by atoms with Crippen molar-refractivity contribution in [3.8, 4) is 0 Å². The fourth-order valence-corrected chi connectivity index (χ4v) is 2.77. The van der Waals surface area contributed by atoms with Gasteiger partial charge in [-0.2, -0.15) is 13.2 Å². The second-order valence-corrected chi connectivity index (χ2v) is 5.39. The second-order valence-electron chi connectivity index (χ2n) is 5.39. The Balaban J connectivity index is 2.07. The molecule has 0 spiro atoms. The van der Waals surface area contributed by atoms with Crippen LogP contribution in [0, 0.1) is 0 Å². The molecule has 0 N–H and O–H groups in total. The van der Waals surface area contributed by atoms with Gasteiger partial charge >= 0.3 is 6.18 Å². The van der Waals surface area contributed by atoms with Gasteiger partial charge in [0, 0.05) is 5.92 Å². The van der Waals surface area contributed by atoms with Gasteiger partial charge in [-0.15, -0.1) is 0 Å². The zero-order valence-corrected chi connectivity index (χ0v) is 11.8. The van der Waals surface area contributed by atoms with E-state index >= 15 is 0 Å². The minimum Gasteiger partial charge on any atom is -0.171 e. The Morgan fingerprint density at radius 1 is 0.682 bits per heavy atom. The van der Waals surface area contributed by atoms with Crippen LogP contribution in [0.15, 0.2) is 72.8 Å². The monoisotopic (exact) mass is 300 g/mol. The molecule has 22 heavy (non-hydrogen) atoms. The Morgan fingerprint density at radius 2 is 1.32 bits per heavy atom. The fraction of sp³-hybridized carbons (Fsp3) is 0.158. The molecular weight excluding hydrogens is 285 g/mol. The number of fused-ring (bicyclic) bond motifs is 1. The standard InChI is InChI=1S/C19H15F3/c20-19(21,22)13-18(15-7-2-1-3-8-15)17-11-10-14-6-4-5-9-16(14)12-17/h1-12,18H,13H2/t18-/m0/s1. The van der Waals surface area contributed by atoms with Crippen LogP contribution in [0.5, 0.6) is 0 Å². The highest BCUT2D eigenvalue weighted by Crippen LogP contribution is 2.36. The third kappa shape index (κ3) is 3.30. The summed E-state index contributed by atoms with van der Waals surface area (Å²) in [6.45, 7) is 0. The molecule has 0 aromatic heterocycles. The summed E-state index contributed by atoms with van der Waals surface area (Å²) in [6.07, 6.45) is -5.05. The van der Waals surface area contributed by atoms with Gasteiger partial charge in [-0.05, 0) is 21.9 Å². The molecule has 0 saturated carbocycles. The van der Waals surface area contributed by atoms with Crippen LogP contribution in [-0.2, 0) is 0 Å². The van der Waals surface area contributed by atoms with E-state index in [0.29, 0.717) is 11.1 Å². The van der Waals surface area contributed by atoms with Crippen molar-refractivity contribution in [2.45, 2.75) is 18.5 Å². The predicted molar refractivity (Wildman–Crippen MR) is 82.9 cm³/mol. The summed E-state index contributed by atoms with van der Waals surface area (Å²) in [5.74, 6) is -0.675. The van der Waals surface area contributed by atoms with Crippen molar-refractivity contribution in [1.82, 2.24) is 0 Å². The van der Waals surface area contributed by atoms with Crippen LogP contribution >= 0.6 is 0 Å². The van der Waals surface area contributed by atoms with Crippen molar-refractivity contribution in [2.75, 3.05) is 0 Å². The van der Waals surface area contributed by atoms with Gasteiger partial charge in [0.1, 0.15) is 0 Å². The number of hydrogen-bond donors (Lipinski definition) is 0. The maximum absolute atomic E-state index is 13.0. The molecule has 3 rings (SSSR count). The van der Waals surface area contributed by atoms with E-state index in [2.05, 4.69) is 0 Å². The van der Waals surface area contributed by atoms with E-state index in [9.17, 15) is 13.2 Å². The molecule has 0 radical (unpaired) electrons. The summed E-state index contributed by atoms with van der Waals surface area (Å²) in [5.41, 5.74) is 1.39. The molecule has 0 aliphatic heterocycles. The van der Waals surface area contributed by atoms with Gasteiger partial charge in [-0.1, -0.05) is 72.8 Å². The second kappa shape index (κ2) is 5.84. The zero-order chi connectivity index (χ0) is 15.6. The Bertz CT molecular complexity index is 760. The molecule has 0 bridgehead atoms. The number of hydrogen-bond acceptors (Lipinski definition) is 0. The van der Waals surface area contributed by atoms with Crippen LogP contribution in [0.2, 0.25) is 0 Å². The first-order valence-corrected chi connectivity index (χ1v) is 7.13. The van der Waals surface area contributed by atoms with Crippen molar-refractivity contribution in [3.05, 3.63) is 83.9 Å². The maximum atomic E-state index is 13.0. The average molecular weight is 300 g/mol. The van der Waals surface area contributed by atoms with Gasteiger partial charge < -0.3 is 0 Å². The molecule has 0 aliphatic carbocycles. The summed E-state index contributed by atoms with van der Waals surface area (Å²) >= 11 is 0. The van der Waals surface area contributed by atoms with E-state index < -0.39 is 18.5 Å². The molecule has 0 nitrogen and oxygen atoms in total. The highest BCUT2D eigenvalue weighted by Gasteiger charge is 2.33. The minimum absolute atomic E-state index is 0.675. The van der Waals surface area contributed by atoms with Crippen molar-refractivity contribution in [1.29, 1.82) is 0 Å². The summed E-state index contributed by atoms with van der Waals surface area (Å²) in [7, 11) is 0. The molecule has 0 heterocycles. The first-order chi connectivity index (χ1) is 10.5. The lowest BCUT2D eigenvalue weighted by Crippen LogP contribution is -2.15. The first kappa shape index (κ1) is 14.6. The molecule has 3 heteroatoms. The Kier molecular flexibility index (Phi) is 3.88. The molecule has 0 fully saturated rings. The van der Waals surface area contributed by atoms with Gasteiger partial charge in [0.25, 0.3) is 0 Å². The van der Waals surface area contributed by atoms with Gasteiger partial charge in [-0.25, -0.2) is 0 Å². The lowest BCUT2D eigenvalue weighted by Gasteiger charge is -2.20. The molecule has 3 aromatic rings. The van der Waals surface area contributed by atoms with Crippen LogP contribution in [0.25, 0.3) is 10.8 Å². The van der Waals surface area contributed by atoms with Gasteiger partial charge in [0.15, 0.2) is 0 Å². The average Bonchev–Trinajstić information content (AvgIpc) is 2.52. The molecule has 0 aliphatic rings. The quantitative estimate of drug-likeness (QED) is 0.563. The third-order valence-corrected chi connectivity index (χ3v) is 3.81. The highest BCUT2D eigenvalue weighted by atomic mass is 19.4. The van der Waals surface area contributed by atoms with Gasteiger partial charge in [0.2, 0.25) is 0 Å². The van der Waals surface area contributed by atoms with Crippen LogP contribution in [0.1, 0.15) is 23.5 Å². The molecule has 0 amide bonds. The smallest absolute Gasteiger partial charge is 0.171 e. The summed E-state index contributed by atoms with van der Waals surface area (Å²) in [6, 6.07) is 22.1. The van der Waals surface area contributed by atoms with Gasteiger partial charge in [0.05, 0.1) is 6.42 Å². The molecular formula is C19H15F3. The lowest BCUT2D eigenvalue weighted by molar-refractivity contribution is -0.136. The molecule has 112 valence electrons. The van der Waals surface area contributed by atoms with Crippen LogP contribution in [0.3, 0.4) is 0 Å². The topological polar surface area (TPSA) is 0 Å². The van der Waals surface area contributed by atoms with Crippen molar-refractivity contribution in [3.63, 3.8) is 0 Å². The number of rotatable bonds is 3. The Hall–Kier alpha value is -2.29. The summed E-state index contributed by atoms with van der Waals surface area (Å²) < 4.78 is 39.0. The van der Waals surface area contributed by atoms with Crippen LogP contribution in [0.4, 0.5) is 13.2 Å². The van der Waals surface area contributed by atoms with Crippen molar-refractivity contribution < 1.29 is 13.2 Å². The number of halogens is 3. The Labute approximate surface area is 127 Å². The minimum atomic E-state index is -4.20. The molecule has 0 saturated heterocycles. The largest absolute Gasteiger partial charge is 0.390 e. The molecule has 1 atom stereocenters. The normalized spacial score (nSPS) is 13.2. The molecule has 0 unspecified atom stereocenters.